The van der Waals surface area contributed by atoms with Crippen molar-refractivity contribution in [1.82, 2.24) is 15.5 Å². The lowest BCUT2D eigenvalue weighted by molar-refractivity contribution is -0.136. The number of ether oxygens (including phenoxy) is 1. The summed E-state index contributed by atoms with van der Waals surface area (Å²) >= 11 is 12.4. The number of amides is 3. The van der Waals surface area contributed by atoms with Crippen molar-refractivity contribution in [3.8, 4) is 0 Å². The summed E-state index contributed by atoms with van der Waals surface area (Å²) in [6.07, 6.45) is 0. The summed E-state index contributed by atoms with van der Waals surface area (Å²) in [6.45, 7) is -0.126. The monoisotopic (exact) mass is 445 g/mol. The molecular formula is C21H17Cl2N3O4. The SMILES string of the molecule is O=C(CN1C(=O)N[C@@H](c2ccccc2Cl)C2=C1COC2=O)NCc1ccccc1Cl. The molecule has 2 aromatic rings. The Morgan fingerprint density at radius 2 is 1.80 bits per heavy atom. The van der Waals surface area contributed by atoms with E-state index in [-0.39, 0.29) is 25.3 Å². The zero-order valence-corrected chi connectivity index (χ0v) is 17.2. The van der Waals surface area contributed by atoms with Crippen LogP contribution in [-0.2, 0) is 20.9 Å². The second kappa shape index (κ2) is 8.38. The standard InChI is InChI=1S/C21H17Cl2N3O4/c22-14-7-3-1-5-12(14)9-24-17(27)10-26-16-11-30-20(28)18(16)19(25-21(26)29)13-6-2-4-8-15(13)23/h1-8,19H,9-11H2,(H,24,27)(H,25,29)/t19-/m0/s1. The van der Waals surface area contributed by atoms with E-state index in [0.717, 1.165) is 5.56 Å². The molecule has 154 valence electrons. The van der Waals surface area contributed by atoms with Gasteiger partial charge in [-0.15, -0.1) is 0 Å². The quantitative estimate of drug-likeness (QED) is 0.691. The van der Waals surface area contributed by atoms with Gasteiger partial charge in [-0.25, -0.2) is 9.59 Å². The van der Waals surface area contributed by atoms with Crippen molar-refractivity contribution < 1.29 is 19.1 Å². The van der Waals surface area contributed by atoms with Gasteiger partial charge in [-0.1, -0.05) is 59.6 Å². The van der Waals surface area contributed by atoms with E-state index in [1.54, 1.807) is 42.5 Å². The molecule has 7 nitrogen and oxygen atoms in total. The summed E-state index contributed by atoms with van der Waals surface area (Å²) < 4.78 is 5.16. The van der Waals surface area contributed by atoms with Crippen LogP contribution in [0.2, 0.25) is 10.0 Å². The second-order valence-electron chi connectivity index (χ2n) is 6.79. The number of rotatable bonds is 5. The van der Waals surface area contributed by atoms with Gasteiger partial charge in [0.15, 0.2) is 0 Å². The van der Waals surface area contributed by atoms with Crippen LogP contribution in [0.1, 0.15) is 17.2 Å². The average molecular weight is 446 g/mol. The van der Waals surface area contributed by atoms with E-state index < -0.39 is 23.9 Å². The van der Waals surface area contributed by atoms with Gasteiger partial charge in [-0.2, -0.15) is 0 Å². The first-order valence-electron chi connectivity index (χ1n) is 9.18. The smallest absolute Gasteiger partial charge is 0.338 e. The molecule has 2 aliphatic rings. The summed E-state index contributed by atoms with van der Waals surface area (Å²) in [5, 5.41) is 6.45. The molecule has 30 heavy (non-hydrogen) atoms. The Labute approximate surface area is 182 Å². The molecule has 0 fully saturated rings. The maximum atomic E-state index is 12.8. The van der Waals surface area contributed by atoms with Crippen LogP contribution in [0.15, 0.2) is 59.8 Å². The van der Waals surface area contributed by atoms with E-state index in [2.05, 4.69) is 10.6 Å². The maximum absolute atomic E-state index is 12.8. The Kier molecular flexibility index (Phi) is 5.65. The third kappa shape index (κ3) is 3.86. The molecule has 0 saturated carbocycles. The molecule has 0 bridgehead atoms. The number of benzene rings is 2. The fourth-order valence-electron chi connectivity index (χ4n) is 3.46. The van der Waals surface area contributed by atoms with Crippen molar-refractivity contribution in [2.45, 2.75) is 12.6 Å². The summed E-state index contributed by atoms with van der Waals surface area (Å²) in [5.41, 5.74) is 1.98. The van der Waals surface area contributed by atoms with Gasteiger partial charge in [0.25, 0.3) is 0 Å². The van der Waals surface area contributed by atoms with Crippen LogP contribution in [0.3, 0.4) is 0 Å². The molecule has 0 spiro atoms. The normalized spacial score (nSPS) is 18.1. The van der Waals surface area contributed by atoms with Gasteiger partial charge >= 0.3 is 12.0 Å². The molecule has 0 saturated heterocycles. The molecule has 0 aliphatic carbocycles. The Hall–Kier alpha value is -3.03. The molecule has 0 radical (unpaired) electrons. The molecule has 2 N–H and O–H groups in total. The third-order valence-corrected chi connectivity index (χ3v) is 5.66. The topological polar surface area (TPSA) is 87.7 Å². The fraction of sp³-hybridized carbons (Fsp3) is 0.190. The van der Waals surface area contributed by atoms with Gasteiger partial charge in [0.2, 0.25) is 5.91 Å². The molecule has 3 amide bonds. The highest BCUT2D eigenvalue weighted by Gasteiger charge is 2.43. The Balaban J connectivity index is 1.54. The highest BCUT2D eigenvalue weighted by Crippen LogP contribution is 2.37. The van der Waals surface area contributed by atoms with Crippen LogP contribution in [0.5, 0.6) is 0 Å². The van der Waals surface area contributed by atoms with E-state index in [9.17, 15) is 14.4 Å². The number of urea groups is 1. The predicted octanol–water partition coefficient (Wildman–Crippen LogP) is 3.19. The van der Waals surface area contributed by atoms with Gasteiger partial charge in [-0.05, 0) is 23.3 Å². The Morgan fingerprint density at radius 3 is 2.53 bits per heavy atom. The molecule has 0 unspecified atom stereocenters. The van der Waals surface area contributed by atoms with Gasteiger partial charge in [0, 0.05) is 16.6 Å². The largest absolute Gasteiger partial charge is 0.456 e. The minimum absolute atomic E-state index is 0.0830. The number of halogens is 2. The van der Waals surface area contributed by atoms with Crippen LogP contribution in [-0.4, -0.2) is 36.0 Å². The van der Waals surface area contributed by atoms with Crippen molar-refractivity contribution in [3.63, 3.8) is 0 Å². The Bertz CT molecular complexity index is 1070. The first-order chi connectivity index (χ1) is 14.5. The zero-order chi connectivity index (χ0) is 21.3. The highest BCUT2D eigenvalue weighted by atomic mass is 35.5. The molecule has 9 heteroatoms. The summed E-state index contributed by atoms with van der Waals surface area (Å²) in [5.74, 6) is -0.941. The first-order valence-corrected chi connectivity index (χ1v) is 9.94. The highest BCUT2D eigenvalue weighted by molar-refractivity contribution is 6.31. The average Bonchev–Trinajstić information content (AvgIpc) is 3.11. The molecular weight excluding hydrogens is 429 g/mol. The minimum atomic E-state index is -0.737. The van der Waals surface area contributed by atoms with E-state index in [1.807, 2.05) is 6.07 Å². The lowest BCUT2D eigenvalue weighted by atomic mass is 9.95. The minimum Gasteiger partial charge on any atom is -0.456 e. The van der Waals surface area contributed by atoms with Gasteiger partial charge < -0.3 is 15.4 Å². The van der Waals surface area contributed by atoms with Gasteiger partial charge in [0.1, 0.15) is 13.2 Å². The number of carbonyl (C=O) groups excluding carboxylic acids is 3. The van der Waals surface area contributed by atoms with E-state index in [0.29, 0.717) is 21.3 Å². The number of carbonyl (C=O) groups is 3. The number of nitrogens with one attached hydrogen (secondary N) is 2. The van der Waals surface area contributed by atoms with Crippen LogP contribution >= 0.6 is 23.2 Å². The molecule has 1 atom stereocenters. The summed E-state index contributed by atoms with van der Waals surface area (Å²) in [7, 11) is 0. The van der Waals surface area contributed by atoms with Crippen LogP contribution < -0.4 is 10.6 Å². The molecule has 2 aliphatic heterocycles. The van der Waals surface area contributed by atoms with Crippen LogP contribution in [0.4, 0.5) is 4.79 Å². The van der Waals surface area contributed by atoms with E-state index in [1.165, 1.54) is 4.90 Å². The van der Waals surface area contributed by atoms with Crippen LogP contribution in [0.25, 0.3) is 0 Å². The van der Waals surface area contributed by atoms with Crippen molar-refractivity contribution in [1.29, 1.82) is 0 Å². The van der Waals surface area contributed by atoms with Crippen molar-refractivity contribution in [2.24, 2.45) is 0 Å². The first kappa shape index (κ1) is 20.3. The van der Waals surface area contributed by atoms with Gasteiger partial charge in [-0.3, -0.25) is 9.69 Å². The van der Waals surface area contributed by atoms with Crippen molar-refractivity contribution in [3.05, 3.63) is 81.0 Å². The number of esters is 1. The number of cyclic esters (lactones) is 1. The fourth-order valence-corrected chi connectivity index (χ4v) is 3.90. The summed E-state index contributed by atoms with van der Waals surface area (Å²) in [6, 6.07) is 12.8. The maximum Gasteiger partial charge on any atom is 0.338 e. The molecule has 0 aromatic heterocycles. The second-order valence-corrected chi connectivity index (χ2v) is 7.61. The number of hydrogen-bond donors (Lipinski definition) is 2. The van der Waals surface area contributed by atoms with Crippen molar-refractivity contribution >= 4 is 41.1 Å². The van der Waals surface area contributed by atoms with E-state index >= 15 is 0 Å². The third-order valence-electron chi connectivity index (χ3n) is 4.95. The van der Waals surface area contributed by atoms with Crippen LogP contribution in [0, 0.1) is 0 Å². The summed E-state index contributed by atoms with van der Waals surface area (Å²) in [4.78, 5) is 38.8. The predicted molar refractivity (Wildman–Crippen MR) is 111 cm³/mol. The molecule has 4 rings (SSSR count). The van der Waals surface area contributed by atoms with E-state index in [4.69, 9.17) is 27.9 Å². The van der Waals surface area contributed by atoms with Gasteiger partial charge in [0.05, 0.1) is 17.3 Å². The lowest BCUT2D eigenvalue weighted by Crippen LogP contribution is -2.50. The molecule has 2 aromatic carbocycles. The number of hydrogen-bond acceptors (Lipinski definition) is 4. The number of nitrogens with zero attached hydrogens (tertiary/aromatic N) is 1. The Morgan fingerprint density at radius 1 is 1.10 bits per heavy atom. The zero-order valence-electron chi connectivity index (χ0n) is 15.7. The molecule has 2 heterocycles. The lowest BCUT2D eigenvalue weighted by Gasteiger charge is -2.32. The van der Waals surface area contributed by atoms with Crippen molar-refractivity contribution in [2.75, 3.05) is 13.2 Å².